The van der Waals surface area contributed by atoms with Gasteiger partial charge in [0.05, 0.1) is 10.0 Å². The molecule has 1 aromatic rings. The highest BCUT2D eigenvalue weighted by molar-refractivity contribution is 6.41. The van der Waals surface area contributed by atoms with Crippen LogP contribution in [-0.2, 0) is 0 Å². The Balaban J connectivity index is 0.000000255. The van der Waals surface area contributed by atoms with Gasteiger partial charge in [0.15, 0.2) is 0 Å². The molecule has 3 nitrogen and oxygen atoms in total. The van der Waals surface area contributed by atoms with Gasteiger partial charge in [0.2, 0.25) is 0 Å². The highest BCUT2D eigenvalue weighted by atomic mass is 35.5. The fraction of sp³-hybridized carbons (Fsp3) is 0.222. The fourth-order valence-electron chi connectivity index (χ4n) is 0.439. The SMILES string of the molecule is CN(C)C(N)=O.Clc1ccccc1Cl. The van der Waals surface area contributed by atoms with E-state index in [1.54, 1.807) is 26.2 Å². The number of amides is 2. The Labute approximate surface area is 93.4 Å². The highest BCUT2D eigenvalue weighted by Crippen LogP contribution is 2.19. The summed E-state index contributed by atoms with van der Waals surface area (Å²) in [7, 11) is 3.20. The fourth-order valence-corrected chi connectivity index (χ4v) is 0.711. The summed E-state index contributed by atoms with van der Waals surface area (Å²) in [5.41, 5.74) is 4.72. The third-order valence-corrected chi connectivity index (χ3v) is 2.02. The van der Waals surface area contributed by atoms with Gasteiger partial charge in [-0.1, -0.05) is 35.3 Å². The standard InChI is InChI=1S/C6H4Cl2.C3H8N2O/c7-5-3-1-2-4-6(5)8;1-5(2)3(4)6/h1-4H;1-2H3,(H2,4,6). The van der Waals surface area contributed by atoms with Crippen LogP contribution in [-0.4, -0.2) is 25.0 Å². The molecule has 0 saturated carbocycles. The lowest BCUT2D eigenvalue weighted by atomic mass is 10.4. The Bertz CT molecular complexity index is 282. The molecule has 1 rings (SSSR count). The monoisotopic (exact) mass is 234 g/mol. The number of primary amides is 1. The van der Waals surface area contributed by atoms with E-state index in [1.165, 1.54) is 4.90 Å². The Hall–Kier alpha value is -0.930. The van der Waals surface area contributed by atoms with Crippen molar-refractivity contribution in [2.24, 2.45) is 5.73 Å². The van der Waals surface area contributed by atoms with Crippen molar-refractivity contribution in [3.8, 4) is 0 Å². The number of carbonyl (C=O) groups is 1. The Morgan fingerprint density at radius 2 is 1.50 bits per heavy atom. The second-order valence-corrected chi connectivity index (χ2v) is 3.46. The molecule has 0 spiro atoms. The molecular weight excluding hydrogens is 223 g/mol. The predicted molar refractivity (Wildman–Crippen MR) is 59.7 cm³/mol. The van der Waals surface area contributed by atoms with Gasteiger partial charge in [0, 0.05) is 14.1 Å². The first-order valence-electron chi connectivity index (χ1n) is 3.82. The van der Waals surface area contributed by atoms with Crippen LogP contribution in [0.1, 0.15) is 0 Å². The van der Waals surface area contributed by atoms with Gasteiger partial charge in [0.1, 0.15) is 0 Å². The van der Waals surface area contributed by atoms with E-state index in [0.717, 1.165) is 0 Å². The number of rotatable bonds is 0. The third-order valence-electron chi connectivity index (χ3n) is 1.27. The predicted octanol–water partition coefficient (Wildman–Crippen LogP) is 2.62. The van der Waals surface area contributed by atoms with Gasteiger partial charge in [0.25, 0.3) is 0 Å². The minimum absolute atomic E-state index is 0.407. The summed E-state index contributed by atoms with van der Waals surface area (Å²) in [5, 5.41) is 1.21. The lowest BCUT2D eigenvalue weighted by Gasteiger charge is -2.01. The first kappa shape index (κ1) is 13.1. The molecule has 0 fully saturated rings. The second kappa shape index (κ2) is 6.51. The van der Waals surface area contributed by atoms with Crippen LogP contribution in [0.25, 0.3) is 0 Å². The lowest BCUT2D eigenvalue weighted by molar-refractivity contribution is 0.227. The summed E-state index contributed by atoms with van der Waals surface area (Å²) in [6, 6.07) is 6.78. The zero-order valence-electron chi connectivity index (χ0n) is 8.00. The number of urea groups is 1. The Morgan fingerprint density at radius 3 is 1.64 bits per heavy atom. The van der Waals surface area contributed by atoms with E-state index in [1.807, 2.05) is 12.1 Å². The van der Waals surface area contributed by atoms with Crippen molar-refractivity contribution in [2.75, 3.05) is 14.1 Å². The van der Waals surface area contributed by atoms with Gasteiger partial charge in [-0.15, -0.1) is 0 Å². The zero-order chi connectivity index (χ0) is 11.1. The van der Waals surface area contributed by atoms with Crippen LogP contribution < -0.4 is 5.73 Å². The molecule has 0 atom stereocenters. The summed E-state index contributed by atoms with van der Waals surface area (Å²) >= 11 is 11.2. The molecule has 0 bridgehead atoms. The number of nitrogens with two attached hydrogens (primary N) is 1. The molecule has 14 heavy (non-hydrogen) atoms. The zero-order valence-corrected chi connectivity index (χ0v) is 9.51. The second-order valence-electron chi connectivity index (χ2n) is 2.65. The average Bonchev–Trinajstić information content (AvgIpc) is 2.11. The average molecular weight is 235 g/mol. The molecule has 1 aromatic carbocycles. The summed E-state index contributed by atoms with van der Waals surface area (Å²) in [6.07, 6.45) is 0. The van der Waals surface area contributed by atoms with Gasteiger partial charge in [-0.25, -0.2) is 4.79 Å². The highest BCUT2D eigenvalue weighted by Gasteiger charge is 1.89. The van der Waals surface area contributed by atoms with Crippen molar-refractivity contribution in [2.45, 2.75) is 0 Å². The Morgan fingerprint density at radius 1 is 1.21 bits per heavy atom. The largest absolute Gasteiger partial charge is 0.352 e. The van der Waals surface area contributed by atoms with Crippen LogP contribution >= 0.6 is 23.2 Å². The quantitative estimate of drug-likeness (QED) is 0.738. The van der Waals surface area contributed by atoms with Crippen molar-refractivity contribution >= 4 is 29.2 Å². The first-order chi connectivity index (χ1) is 6.45. The van der Waals surface area contributed by atoms with Crippen molar-refractivity contribution in [1.82, 2.24) is 4.90 Å². The number of hydrogen-bond donors (Lipinski definition) is 1. The minimum atomic E-state index is -0.407. The molecule has 0 heterocycles. The van der Waals surface area contributed by atoms with E-state index in [9.17, 15) is 4.79 Å². The van der Waals surface area contributed by atoms with E-state index in [4.69, 9.17) is 28.9 Å². The number of benzene rings is 1. The first-order valence-corrected chi connectivity index (χ1v) is 4.57. The number of hydrogen-bond acceptors (Lipinski definition) is 1. The number of carbonyl (C=O) groups excluding carboxylic acids is 1. The van der Waals surface area contributed by atoms with Gasteiger partial charge < -0.3 is 10.6 Å². The van der Waals surface area contributed by atoms with E-state index in [2.05, 4.69) is 0 Å². The molecule has 0 aliphatic heterocycles. The molecule has 5 heteroatoms. The normalized spacial score (nSPS) is 8.57. The molecule has 0 unspecified atom stereocenters. The van der Waals surface area contributed by atoms with Crippen LogP contribution in [0.2, 0.25) is 10.0 Å². The lowest BCUT2D eigenvalue weighted by Crippen LogP contribution is -2.27. The maximum Gasteiger partial charge on any atom is 0.314 e. The van der Waals surface area contributed by atoms with Crippen molar-refractivity contribution in [1.29, 1.82) is 0 Å². The third kappa shape index (κ3) is 5.67. The van der Waals surface area contributed by atoms with E-state index >= 15 is 0 Å². The van der Waals surface area contributed by atoms with Crippen LogP contribution in [0.5, 0.6) is 0 Å². The molecule has 0 aliphatic carbocycles. The summed E-state index contributed by atoms with van der Waals surface area (Å²) < 4.78 is 0. The molecule has 0 saturated heterocycles. The van der Waals surface area contributed by atoms with E-state index < -0.39 is 6.03 Å². The molecular formula is C9H12Cl2N2O. The van der Waals surface area contributed by atoms with Gasteiger partial charge in [-0.05, 0) is 12.1 Å². The van der Waals surface area contributed by atoms with Crippen LogP contribution in [0.4, 0.5) is 4.79 Å². The van der Waals surface area contributed by atoms with E-state index in [-0.39, 0.29) is 0 Å². The molecule has 0 radical (unpaired) electrons. The van der Waals surface area contributed by atoms with E-state index in [0.29, 0.717) is 10.0 Å². The van der Waals surface area contributed by atoms with Crippen molar-refractivity contribution < 1.29 is 4.79 Å². The maximum atomic E-state index is 9.85. The van der Waals surface area contributed by atoms with Gasteiger partial charge in [-0.3, -0.25) is 0 Å². The summed E-state index contributed by atoms with van der Waals surface area (Å²) in [6.45, 7) is 0. The topological polar surface area (TPSA) is 46.3 Å². The molecule has 2 amide bonds. The number of halogens is 2. The van der Waals surface area contributed by atoms with Gasteiger partial charge in [-0.2, -0.15) is 0 Å². The molecule has 78 valence electrons. The molecule has 0 aromatic heterocycles. The van der Waals surface area contributed by atoms with Crippen LogP contribution in [0, 0.1) is 0 Å². The van der Waals surface area contributed by atoms with Crippen molar-refractivity contribution in [3.63, 3.8) is 0 Å². The maximum absolute atomic E-state index is 9.85. The summed E-state index contributed by atoms with van der Waals surface area (Å²) in [4.78, 5) is 11.2. The molecule has 0 aliphatic rings. The van der Waals surface area contributed by atoms with Crippen LogP contribution in [0.15, 0.2) is 24.3 Å². The van der Waals surface area contributed by atoms with Gasteiger partial charge >= 0.3 is 6.03 Å². The summed E-state index contributed by atoms with van der Waals surface area (Å²) in [5.74, 6) is 0. The Kier molecular flexibility index (Phi) is 6.08. The number of nitrogens with zero attached hydrogens (tertiary/aromatic N) is 1. The van der Waals surface area contributed by atoms with Crippen molar-refractivity contribution in [3.05, 3.63) is 34.3 Å². The van der Waals surface area contributed by atoms with Crippen LogP contribution in [0.3, 0.4) is 0 Å². The minimum Gasteiger partial charge on any atom is -0.352 e. The molecule has 2 N–H and O–H groups in total. The smallest absolute Gasteiger partial charge is 0.314 e.